The Balaban J connectivity index is 1.72. The molecule has 0 saturated carbocycles. The zero-order valence-electron chi connectivity index (χ0n) is 12.0. The van der Waals surface area contributed by atoms with Crippen molar-refractivity contribution in [1.29, 1.82) is 0 Å². The van der Waals surface area contributed by atoms with Crippen LogP contribution in [0.15, 0.2) is 24.3 Å². The van der Waals surface area contributed by atoms with Crippen molar-refractivity contribution < 1.29 is 17.9 Å². The van der Waals surface area contributed by atoms with E-state index in [0.717, 1.165) is 19.3 Å². The van der Waals surface area contributed by atoms with E-state index >= 15 is 0 Å². The highest BCUT2D eigenvalue weighted by Crippen LogP contribution is 2.19. The first-order chi connectivity index (χ1) is 10.1. The Labute approximate surface area is 125 Å². The molecule has 3 N–H and O–H groups in total. The Morgan fingerprint density at radius 3 is 2.86 bits per heavy atom. The molecule has 0 bridgehead atoms. The average molecular weight is 314 g/mol. The Bertz CT molecular complexity index is 542. The first-order valence-electron chi connectivity index (χ1n) is 7.13. The van der Waals surface area contributed by atoms with Gasteiger partial charge in [-0.2, -0.15) is 0 Å². The van der Waals surface area contributed by atoms with Crippen LogP contribution in [0.2, 0.25) is 0 Å². The number of para-hydroxylation sites is 2. The van der Waals surface area contributed by atoms with E-state index in [1.54, 1.807) is 24.3 Å². The van der Waals surface area contributed by atoms with Crippen LogP contribution < -0.4 is 15.2 Å². The van der Waals surface area contributed by atoms with E-state index in [1.807, 2.05) is 0 Å². The molecule has 1 aromatic rings. The number of nitrogens with one attached hydrogen (secondary N) is 1. The van der Waals surface area contributed by atoms with Crippen LogP contribution in [0, 0.1) is 0 Å². The van der Waals surface area contributed by atoms with E-state index < -0.39 is 10.0 Å². The molecule has 0 spiro atoms. The number of benzene rings is 1. The maximum absolute atomic E-state index is 11.9. The number of rotatable bonds is 7. The molecular formula is C14H22N2O4S. The smallest absolute Gasteiger partial charge is 0.215 e. The SMILES string of the molecule is Nc1ccccc1OCCS(=O)(=O)NCC1CCCCO1. The molecule has 1 fully saturated rings. The van der Waals surface area contributed by atoms with Crippen molar-refractivity contribution in [2.24, 2.45) is 0 Å². The number of sulfonamides is 1. The fourth-order valence-electron chi connectivity index (χ4n) is 2.13. The molecular weight excluding hydrogens is 292 g/mol. The number of nitrogens with two attached hydrogens (primary N) is 1. The fraction of sp³-hybridized carbons (Fsp3) is 0.571. The molecule has 1 aromatic carbocycles. The summed E-state index contributed by atoms with van der Waals surface area (Å²) in [6.07, 6.45) is 3.03. The van der Waals surface area contributed by atoms with Crippen LogP contribution >= 0.6 is 0 Å². The molecule has 0 aromatic heterocycles. The number of anilines is 1. The van der Waals surface area contributed by atoms with Gasteiger partial charge < -0.3 is 15.2 Å². The lowest BCUT2D eigenvalue weighted by Crippen LogP contribution is -2.37. The van der Waals surface area contributed by atoms with Gasteiger partial charge in [0.25, 0.3) is 0 Å². The number of hydrogen-bond acceptors (Lipinski definition) is 5. The lowest BCUT2D eigenvalue weighted by molar-refractivity contribution is 0.0200. The largest absolute Gasteiger partial charge is 0.490 e. The summed E-state index contributed by atoms with van der Waals surface area (Å²) in [5.41, 5.74) is 6.22. The Kier molecular flexibility index (Phi) is 5.84. The minimum Gasteiger partial charge on any atom is -0.490 e. The molecule has 6 nitrogen and oxygen atoms in total. The Hall–Kier alpha value is -1.31. The summed E-state index contributed by atoms with van der Waals surface area (Å²) >= 11 is 0. The molecule has 1 unspecified atom stereocenters. The predicted molar refractivity (Wildman–Crippen MR) is 81.7 cm³/mol. The van der Waals surface area contributed by atoms with Gasteiger partial charge in [-0.15, -0.1) is 0 Å². The molecule has 0 radical (unpaired) electrons. The van der Waals surface area contributed by atoms with Crippen LogP contribution in [0.3, 0.4) is 0 Å². The summed E-state index contributed by atoms with van der Waals surface area (Å²) in [5, 5.41) is 0. The highest BCUT2D eigenvalue weighted by Gasteiger charge is 2.17. The van der Waals surface area contributed by atoms with Gasteiger partial charge in [-0.3, -0.25) is 0 Å². The zero-order valence-corrected chi connectivity index (χ0v) is 12.8. The highest BCUT2D eigenvalue weighted by atomic mass is 32.2. The van der Waals surface area contributed by atoms with Gasteiger partial charge >= 0.3 is 0 Å². The third kappa shape index (κ3) is 5.53. The van der Waals surface area contributed by atoms with Crippen LogP contribution in [-0.2, 0) is 14.8 Å². The first-order valence-corrected chi connectivity index (χ1v) is 8.78. The summed E-state index contributed by atoms with van der Waals surface area (Å²) < 4.78 is 37.2. The molecule has 2 rings (SSSR count). The van der Waals surface area contributed by atoms with Crippen LogP contribution in [0.5, 0.6) is 5.75 Å². The second-order valence-electron chi connectivity index (χ2n) is 5.04. The van der Waals surface area contributed by atoms with Crippen molar-refractivity contribution in [3.63, 3.8) is 0 Å². The van der Waals surface area contributed by atoms with Crippen molar-refractivity contribution in [2.45, 2.75) is 25.4 Å². The van der Waals surface area contributed by atoms with Gasteiger partial charge in [-0.1, -0.05) is 12.1 Å². The number of nitrogen functional groups attached to an aromatic ring is 1. The van der Waals surface area contributed by atoms with Gasteiger partial charge in [0.05, 0.1) is 17.5 Å². The van der Waals surface area contributed by atoms with Crippen molar-refractivity contribution in [1.82, 2.24) is 4.72 Å². The van der Waals surface area contributed by atoms with E-state index in [9.17, 15) is 8.42 Å². The first kappa shape index (κ1) is 16.1. The van der Waals surface area contributed by atoms with Crippen molar-refractivity contribution in [3.05, 3.63) is 24.3 Å². The fourth-order valence-corrected chi connectivity index (χ4v) is 3.02. The maximum Gasteiger partial charge on any atom is 0.215 e. The van der Waals surface area contributed by atoms with E-state index in [-0.39, 0.29) is 18.5 Å². The number of ether oxygens (including phenoxy) is 2. The third-order valence-corrected chi connectivity index (χ3v) is 4.64. The molecule has 1 atom stereocenters. The van der Waals surface area contributed by atoms with Crippen molar-refractivity contribution in [3.8, 4) is 5.75 Å². The Morgan fingerprint density at radius 2 is 2.14 bits per heavy atom. The van der Waals surface area contributed by atoms with Crippen molar-refractivity contribution in [2.75, 3.05) is 31.2 Å². The summed E-state index contributed by atoms with van der Waals surface area (Å²) in [6, 6.07) is 7.01. The second kappa shape index (κ2) is 7.63. The zero-order chi connectivity index (χ0) is 15.1. The lowest BCUT2D eigenvalue weighted by Gasteiger charge is -2.22. The van der Waals surface area contributed by atoms with Gasteiger partial charge in [-0.25, -0.2) is 13.1 Å². The summed E-state index contributed by atoms with van der Waals surface area (Å²) in [5.74, 6) is 0.400. The second-order valence-corrected chi connectivity index (χ2v) is 6.97. The van der Waals surface area contributed by atoms with E-state index in [2.05, 4.69) is 4.72 Å². The van der Waals surface area contributed by atoms with Gasteiger partial charge in [0, 0.05) is 13.2 Å². The quantitative estimate of drug-likeness (QED) is 0.736. The molecule has 1 aliphatic heterocycles. The normalized spacial score (nSPS) is 19.3. The average Bonchev–Trinajstić information content (AvgIpc) is 2.48. The van der Waals surface area contributed by atoms with E-state index in [1.165, 1.54) is 0 Å². The third-order valence-electron chi connectivity index (χ3n) is 3.33. The molecule has 0 aliphatic carbocycles. The minimum atomic E-state index is -3.36. The van der Waals surface area contributed by atoms with Crippen LogP contribution in [0.4, 0.5) is 5.69 Å². The van der Waals surface area contributed by atoms with Crippen LogP contribution in [0.25, 0.3) is 0 Å². The van der Waals surface area contributed by atoms with Gasteiger partial charge in [0.2, 0.25) is 10.0 Å². The van der Waals surface area contributed by atoms with Crippen molar-refractivity contribution >= 4 is 15.7 Å². The molecule has 1 saturated heterocycles. The topological polar surface area (TPSA) is 90.7 Å². The highest BCUT2D eigenvalue weighted by molar-refractivity contribution is 7.89. The molecule has 1 heterocycles. The molecule has 21 heavy (non-hydrogen) atoms. The standard InChI is InChI=1S/C14H22N2O4S/c15-13-6-1-2-7-14(13)20-9-10-21(17,18)16-11-12-5-3-4-8-19-12/h1-2,6-7,12,16H,3-5,8-11,15H2. The monoisotopic (exact) mass is 314 g/mol. The van der Waals surface area contributed by atoms with E-state index in [4.69, 9.17) is 15.2 Å². The predicted octanol–water partition coefficient (Wildman–Crippen LogP) is 1.14. The maximum atomic E-state index is 11.9. The Morgan fingerprint density at radius 1 is 1.33 bits per heavy atom. The summed E-state index contributed by atoms with van der Waals surface area (Å²) in [4.78, 5) is 0. The summed E-state index contributed by atoms with van der Waals surface area (Å²) in [6.45, 7) is 1.10. The van der Waals surface area contributed by atoms with Crippen LogP contribution in [-0.4, -0.2) is 40.0 Å². The minimum absolute atomic E-state index is 0.0146. The lowest BCUT2D eigenvalue weighted by atomic mass is 10.1. The molecule has 1 aliphatic rings. The summed E-state index contributed by atoms with van der Waals surface area (Å²) in [7, 11) is -3.36. The van der Waals surface area contributed by atoms with Gasteiger partial charge in [0.1, 0.15) is 12.4 Å². The number of hydrogen-bond donors (Lipinski definition) is 2. The molecule has 0 amide bonds. The van der Waals surface area contributed by atoms with E-state index in [0.29, 0.717) is 24.6 Å². The van der Waals surface area contributed by atoms with Gasteiger partial charge in [0.15, 0.2) is 0 Å². The van der Waals surface area contributed by atoms with Gasteiger partial charge in [-0.05, 0) is 31.4 Å². The molecule has 118 valence electrons. The van der Waals surface area contributed by atoms with Crippen LogP contribution in [0.1, 0.15) is 19.3 Å². The molecule has 7 heteroatoms.